The SMILES string of the molecule is Cc1ccc(C2(C)CCN(C(CC(=O)NO)CC3CCCCC3)C2=O)cc1. The van der Waals surface area contributed by atoms with E-state index < -0.39 is 11.3 Å². The van der Waals surface area contributed by atoms with Crippen molar-refractivity contribution in [3.05, 3.63) is 35.4 Å². The highest BCUT2D eigenvalue weighted by atomic mass is 16.5. The van der Waals surface area contributed by atoms with Crippen LogP contribution in [-0.4, -0.2) is 34.5 Å². The zero-order valence-electron chi connectivity index (χ0n) is 16.5. The van der Waals surface area contributed by atoms with Gasteiger partial charge in [0.15, 0.2) is 0 Å². The molecule has 0 radical (unpaired) electrons. The number of hydrogen-bond donors (Lipinski definition) is 2. The van der Waals surface area contributed by atoms with Gasteiger partial charge in [-0.05, 0) is 38.2 Å². The number of carbonyl (C=O) groups excluding carboxylic acids is 2. The Labute approximate surface area is 162 Å². The molecule has 0 spiro atoms. The van der Waals surface area contributed by atoms with E-state index in [-0.39, 0.29) is 18.4 Å². The summed E-state index contributed by atoms with van der Waals surface area (Å²) < 4.78 is 0. The second-order valence-electron chi connectivity index (χ2n) is 8.58. The summed E-state index contributed by atoms with van der Waals surface area (Å²) in [5.74, 6) is 0.264. The summed E-state index contributed by atoms with van der Waals surface area (Å²) in [4.78, 5) is 27.2. The molecule has 27 heavy (non-hydrogen) atoms. The molecule has 1 aliphatic carbocycles. The first kappa shape index (κ1) is 19.9. The summed E-state index contributed by atoms with van der Waals surface area (Å²) in [6.07, 6.45) is 7.88. The van der Waals surface area contributed by atoms with E-state index in [0.717, 1.165) is 18.4 Å². The first-order valence-electron chi connectivity index (χ1n) is 10.2. The molecule has 0 bridgehead atoms. The lowest BCUT2D eigenvalue weighted by atomic mass is 9.80. The van der Waals surface area contributed by atoms with Crippen molar-refractivity contribution in [3.8, 4) is 0 Å². The number of nitrogens with one attached hydrogen (secondary N) is 1. The quantitative estimate of drug-likeness (QED) is 0.591. The fourth-order valence-electron chi connectivity index (χ4n) is 4.80. The van der Waals surface area contributed by atoms with Crippen LogP contribution in [0.5, 0.6) is 0 Å². The Morgan fingerprint density at radius 2 is 1.93 bits per heavy atom. The van der Waals surface area contributed by atoms with Gasteiger partial charge in [0, 0.05) is 19.0 Å². The molecule has 2 N–H and O–H groups in total. The summed E-state index contributed by atoms with van der Waals surface area (Å²) >= 11 is 0. The van der Waals surface area contributed by atoms with Gasteiger partial charge < -0.3 is 4.90 Å². The number of amides is 2. The molecule has 5 heteroatoms. The van der Waals surface area contributed by atoms with Crippen molar-refractivity contribution < 1.29 is 14.8 Å². The monoisotopic (exact) mass is 372 g/mol. The van der Waals surface area contributed by atoms with E-state index in [9.17, 15) is 9.59 Å². The number of carbonyl (C=O) groups is 2. The highest BCUT2D eigenvalue weighted by molar-refractivity contribution is 5.90. The van der Waals surface area contributed by atoms with Crippen molar-refractivity contribution >= 4 is 11.8 Å². The minimum absolute atomic E-state index is 0.109. The maximum absolute atomic E-state index is 13.4. The van der Waals surface area contributed by atoms with Gasteiger partial charge in [0.25, 0.3) is 0 Å². The predicted octanol–water partition coefficient (Wildman–Crippen LogP) is 3.72. The minimum atomic E-state index is -0.534. The summed E-state index contributed by atoms with van der Waals surface area (Å²) in [6.45, 7) is 4.73. The van der Waals surface area contributed by atoms with E-state index in [1.165, 1.54) is 37.7 Å². The number of aryl methyl sites for hydroxylation is 1. The Hall–Kier alpha value is -1.88. The molecule has 1 saturated carbocycles. The summed E-state index contributed by atoms with van der Waals surface area (Å²) in [5.41, 5.74) is 3.44. The van der Waals surface area contributed by atoms with Crippen LogP contribution in [0.15, 0.2) is 24.3 Å². The first-order chi connectivity index (χ1) is 12.9. The summed E-state index contributed by atoms with van der Waals surface area (Å²) in [7, 11) is 0. The molecular formula is C22H32N2O3. The van der Waals surface area contributed by atoms with Crippen molar-refractivity contribution in [2.45, 2.75) is 76.7 Å². The summed E-state index contributed by atoms with van der Waals surface area (Å²) in [6, 6.07) is 8.06. The largest absolute Gasteiger partial charge is 0.338 e. The van der Waals surface area contributed by atoms with Crippen LogP contribution in [0.2, 0.25) is 0 Å². The molecule has 5 nitrogen and oxygen atoms in total. The molecule has 1 aromatic rings. The third-order valence-corrected chi connectivity index (χ3v) is 6.59. The first-order valence-corrected chi connectivity index (χ1v) is 10.2. The van der Waals surface area contributed by atoms with Crippen molar-refractivity contribution in [1.29, 1.82) is 0 Å². The second-order valence-corrected chi connectivity index (χ2v) is 8.58. The molecule has 3 rings (SSSR count). The van der Waals surface area contributed by atoms with Gasteiger partial charge in [-0.1, -0.05) is 61.9 Å². The second kappa shape index (κ2) is 8.42. The Morgan fingerprint density at radius 3 is 2.56 bits per heavy atom. The molecule has 1 saturated heterocycles. The van der Waals surface area contributed by atoms with Crippen molar-refractivity contribution in [2.24, 2.45) is 5.92 Å². The fraction of sp³-hybridized carbons (Fsp3) is 0.636. The minimum Gasteiger partial charge on any atom is -0.338 e. The van der Waals surface area contributed by atoms with Crippen LogP contribution in [0.3, 0.4) is 0 Å². The molecule has 1 aromatic carbocycles. The van der Waals surface area contributed by atoms with Gasteiger partial charge in [-0.3, -0.25) is 14.8 Å². The lowest BCUT2D eigenvalue weighted by Crippen LogP contribution is -2.44. The number of hydrogen-bond acceptors (Lipinski definition) is 3. The molecule has 2 aliphatic rings. The molecule has 2 unspecified atom stereocenters. The van der Waals surface area contributed by atoms with Crippen LogP contribution in [-0.2, 0) is 15.0 Å². The van der Waals surface area contributed by atoms with Crippen molar-refractivity contribution in [2.75, 3.05) is 6.54 Å². The number of rotatable bonds is 6. The number of hydroxylamine groups is 1. The standard InChI is InChI=1S/C22H32N2O3/c1-16-8-10-18(11-9-16)22(2)12-13-24(21(22)26)19(15-20(25)23-27)14-17-6-4-3-5-7-17/h8-11,17,19,27H,3-7,12-15H2,1-2H3,(H,23,25). The van der Waals surface area contributed by atoms with E-state index in [1.54, 1.807) is 5.48 Å². The third kappa shape index (κ3) is 4.34. The molecule has 1 aliphatic heterocycles. The predicted molar refractivity (Wildman–Crippen MR) is 104 cm³/mol. The Kier molecular flexibility index (Phi) is 6.20. The summed E-state index contributed by atoms with van der Waals surface area (Å²) in [5, 5.41) is 9.00. The lowest BCUT2D eigenvalue weighted by molar-refractivity contribution is -0.137. The van der Waals surface area contributed by atoms with Crippen LogP contribution >= 0.6 is 0 Å². The van der Waals surface area contributed by atoms with E-state index in [4.69, 9.17) is 5.21 Å². The zero-order chi connectivity index (χ0) is 19.4. The topological polar surface area (TPSA) is 69.6 Å². The van der Waals surface area contributed by atoms with E-state index in [2.05, 4.69) is 12.1 Å². The Balaban J connectivity index is 1.78. The molecule has 2 amide bonds. The molecular weight excluding hydrogens is 340 g/mol. The van der Waals surface area contributed by atoms with E-state index in [1.807, 2.05) is 30.9 Å². The van der Waals surface area contributed by atoms with Crippen LogP contribution in [0.25, 0.3) is 0 Å². The normalized spacial score (nSPS) is 24.9. The Morgan fingerprint density at radius 1 is 1.26 bits per heavy atom. The molecule has 148 valence electrons. The lowest BCUT2D eigenvalue weighted by Gasteiger charge is -2.33. The molecule has 2 fully saturated rings. The molecule has 0 aromatic heterocycles. The van der Waals surface area contributed by atoms with E-state index >= 15 is 0 Å². The number of likely N-dealkylation sites (tertiary alicyclic amines) is 1. The number of nitrogens with zero attached hydrogens (tertiary/aromatic N) is 1. The van der Waals surface area contributed by atoms with Gasteiger partial charge in [-0.15, -0.1) is 0 Å². The Bertz CT molecular complexity index is 667. The van der Waals surface area contributed by atoms with Gasteiger partial charge in [0.05, 0.1) is 5.41 Å². The van der Waals surface area contributed by atoms with Gasteiger partial charge in [-0.2, -0.15) is 0 Å². The van der Waals surface area contributed by atoms with Gasteiger partial charge in [0.1, 0.15) is 0 Å². The fourth-order valence-corrected chi connectivity index (χ4v) is 4.80. The third-order valence-electron chi connectivity index (χ3n) is 6.59. The smallest absolute Gasteiger partial charge is 0.245 e. The zero-order valence-corrected chi connectivity index (χ0v) is 16.5. The van der Waals surface area contributed by atoms with Crippen LogP contribution < -0.4 is 5.48 Å². The highest BCUT2D eigenvalue weighted by Crippen LogP contribution is 2.39. The maximum atomic E-state index is 13.4. The van der Waals surface area contributed by atoms with Crippen molar-refractivity contribution in [1.82, 2.24) is 10.4 Å². The van der Waals surface area contributed by atoms with Crippen LogP contribution in [0, 0.1) is 12.8 Å². The maximum Gasteiger partial charge on any atom is 0.245 e. The van der Waals surface area contributed by atoms with Gasteiger partial charge >= 0.3 is 0 Å². The average Bonchev–Trinajstić information content (AvgIpc) is 2.98. The van der Waals surface area contributed by atoms with Gasteiger partial charge in [-0.25, -0.2) is 5.48 Å². The van der Waals surface area contributed by atoms with Crippen molar-refractivity contribution in [3.63, 3.8) is 0 Å². The molecule has 1 heterocycles. The van der Waals surface area contributed by atoms with E-state index in [0.29, 0.717) is 12.5 Å². The van der Waals surface area contributed by atoms with Crippen LogP contribution in [0.1, 0.15) is 69.4 Å². The number of benzene rings is 1. The molecule has 2 atom stereocenters. The van der Waals surface area contributed by atoms with Crippen LogP contribution in [0.4, 0.5) is 0 Å². The average molecular weight is 373 g/mol. The van der Waals surface area contributed by atoms with Gasteiger partial charge in [0.2, 0.25) is 11.8 Å². The highest BCUT2D eigenvalue weighted by Gasteiger charge is 2.46.